The second-order valence-corrected chi connectivity index (χ2v) is 5.36. The fourth-order valence-electron chi connectivity index (χ4n) is 2.51. The van der Waals surface area contributed by atoms with E-state index in [1.54, 1.807) is 4.90 Å². The molecule has 1 aliphatic heterocycles. The summed E-state index contributed by atoms with van der Waals surface area (Å²) in [5.41, 5.74) is 6.41. The van der Waals surface area contributed by atoms with Gasteiger partial charge in [-0.05, 0) is 18.4 Å². The molecule has 0 aliphatic carbocycles. The minimum Gasteiger partial charge on any atom is -0.445 e. The zero-order valence-corrected chi connectivity index (χ0v) is 12.4. The Morgan fingerprint density at radius 2 is 2.14 bits per heavy atom. The molecule has 5 heteroatoms. The van der Waals surface area contributed by atoms with Gasteiger partial charge in [0.15, 0.2) is 0 Å². The number of likely N-dealkylation sites (tertiary alicyclic amines) is 1. The lowest BCUT2D eigenvalue weighted by molar-refractivity contribution is 0.0482. The van der Waals surface area contributed by atoms with Crippen LogP contribution in [0.15, 0.2) is 30.3 Å². The molecule has 1 aliphatic rings. The molecule has 0 unspecified atom stereocenters. The number of nitrogens with zero attached hydrogens (tertiary/aromatic N) is 1. The highest BCUT2D eigenvalue weighted by Crippen LogP contribution is 2.18. The first-order valence-electron chi connectivity index (χ1n) is 7.53. The maximum absolute atomic E-state index is 12.1. The Balaban J connectivity index is 1.74. The summed E-state index contributed by atoms with van der Waals surface area (Å²) in [4.78, 5) is 13.9. The molecule has 1 atom stereocenters. The normalized spacial score (nSPS) is 18.5. The molecule has 1 aromatic rings. The highest BCUT2D eigenvalue weighted by atomic mass is 16.6. The second kappa shape index (κ2) is 8.64. The van der Waals surface area contributed by atoms with Crippen LogP contribution >= 0.6 is 0 Å². The van der Waals surface area contributed by atoms with Crippen molar-refractivity contribution >= 4 is 6.09 Å². The third-order valence-electron chi connectivity index (χ3n) is 3.60. The van der Waals surface area contributed by atoms with Crippen LogP contribution in [0.5, 0.6) is 0 Å². The molecule has 0 saturated carbocycles. The molecule has 21 heavy (non-hydrogen) atoms. The van der Waals surface area contributed by atoms with Crippen LogP contribution in [-0.2, 0) is 16.1 Å². The zero-order valence-electron chi connectivity index (χ0n) is 12.4. The molecule has 0 aromatic heterocycles. The number of rotatable bonds is 6. The van der Waals surface area contributed by atoms with Gasteiger partial charge < -0.3 is 20.1 Å². The molecule has 1 aromatic carbocycles. The number of carbonyl (C=O) groups is 1. The number of hydrogen-bond acceptors (Lipinski definition) is 4. The molecule has 0 radical (unpaired) electrons. The van der Waals surface area contributed by atoms with Crippen LogP contribution in [0, 0.1) is 5.92 Å². The highest BCUT2D eigenvalue weighted by Gasteiger charge is 2.24. The smallest absolute Gasteiger partial charge is 0.410 e. The van der Waals surface area contributed by atoms with Gasteiger partial charge in [-0.1, -0.05) is 30.3 Å². The summed E-state index contributed by atoms with van der Waals surface area (Å²) >= 11 is 0. The molecule has 2 rings (SSSR count). The van der Waals surface area contributed by atoms with Crippen LogP contribution in [0.3, 0.4) is 0 Å². The molecule has 1 fully saturated rings. The first kappa shape index (κ1) is 15.8. The van der Waals surface area contributed by atoms with Gasteiger partial charge >= 0.3 is 6.09 Å². The number of amides is 1. The number of benzene rings is 1. The van der Waals surface area contributed by atoms with Gasteiger partial charge in [-0.25, -0.2) is 4.79 Å². The quantitative estimate of drug-likeness (QED) is 0.815. The van der Waals surface area contributed by atoms with Gasteiger partial charge in [0, 0.05) is 25.6 Å². The molecular weight excluding hydrogens is 268 g/mol. The predicted molar refractivity (Wildman–Crippen MR) is 80.8 cm³/mol. The van der Waals surface area contributed by atoms with Crippen LogP contribution < -0.4 is 5.73 Å². The predicted octanol–water partition coefficient (Wildman–Crippen LogP) is 2.01. The lowest BCUT2D eigenvalue weighted by Gasteiger charge is -2.31. The van der Waals surface area contributed by atoms with Crippen molar-refractivity contribution in [2.24, 2.45) is 11.7 Å². The van der Waals surface area contributed by atoms with E-state index in [2.05, 4.69) is 0 Å². The van der Waals surface area contributed by atoms with Gasteiger partial charge in [0.05, 0.1) is 13.2 Å². The van der Waals surface area contributed by atoms with Crippen molar-refractivity contribution in [1.82, 2.24) is 4.90 Å². The summed E-state index contributed by atoms with van der Waals surface area (Å²) in [7, 11) is 0. The highest BCUT2D eigenvalue weighted by molar-refractivity contribution is 5.67. The Bertz CT molecular complexity index is 425. The molecule has 116 valence electrons. The molecule has 1 heterocycles. The summed E-state index contributed by atoms with van der Waals surface area (Å²) < 4.78 is 10.8. The minimum absolute atomic E-state index is 0.234. The fraction of sp³-hybridized carbons (Fsp3) is 0.562. The molecule has 1 saturated heterocycles. The number of piperidine rings is 1. The van der Waals surface area contributed by atoms with Gasteiger partial charge in [0.25, 0.3) is 0 Å². The lowest BCUT2D eigenvalue weighted by Crippen LogP contribution is -2.41. The van der Waals surface area contributed by atoms with Gasteiger partial charge in [-0.2, -0.15) is 0 Å². The van der Waals surface area contributed by atoms with E-state index in [0.29, 0.717) is 38.8 Å². The molecular formula is C16H24N2O3. The van der Waals surface area contributed by atoms with Crippen molar-refractivity contribution in [3.05, 3.63) is 35.9 Å². The Morgan fingerprint density at radius 3 is 2.90 bits per heavy atom. The van der Waals surface area contributed by atoms with Crippen molar-refractivity contribution in [3.8, 4) is 0 Å². The number of nitrogens with two attached hydrogens (primary N) is 1. The largest absolute Gasteiger partial charge is 0.445 e. The standard InChI is InChI=1S/C16H24N2O3/c17-8-10-20-12-15-7-4-9-18(11-15)16(19)21-13-14-5-2-1-3-6-14/h1-3,5-6,15H,4,7-13,17H2/t15-/m0/s1. The van der Waals surface area contributed by atoms with Crippen molar-refractivity contribution in [2.45, 2.75) is 19.4 Å². The topological polar surface area (TPSA) is 64.8 Å². The first-order chi connectivity index (χ1) is 10.3. The third-order valence-corrected chi connectivity index (χ3v) is 3.60. The van der Waals surface area contributed by atoms with E-state index in [1.165, 1.54) is 0 Å². The Kier molecular flexibility index (Phi) is 6.50. The first-order valence-corrected chi connectivity index (χ1v) is 7.53. The summed E-state index contributed by atoms with van der Waals surface area (Å²) in [6, 6.07) is 9.73. The maximum atomic E-state index is 12.1. The van der Waals surface area contributed by atoms with Crippen molar-refractivity contribution in [2.75, 3.05) is 32.8 Å². The van der Waals surface area contributed by atoms with Crippen LogP contribution in [0.2, 0.25) is 0 Å². The van der Waals surface area contributed by atoms with E-state index in [4.69, 9.17) is 15.2 Å². The van der Waals surface area contributed by atoms with Gasteiger partial charge in [-0.15, -0.1) is 0 Å². The van der Waals surface area contributed by atoms with Crippen LogP contribution in [-0.4, -0.2) is 43.8 Å². The maximum Gasteiger partial charge on any atom is 0.410 e. The Labute approximate surface area is 126 Å². The molecule has 1 amide bonds. The zero-order chi connectivity index (χ0) is 14.9. The van der Waals surface area contributed by atoms with Crippen LogP contribution in [0.1, 0.15) is 18.4 Å². The average Bonchev–Trinajstić information content (AvgIpc) is 2.54. The summed E-state index contributed by atoms with van der Waals surface area (Å²) in [6.07, 6.45) is 1.85. The number of carbonyl (C=O) groups excluding carboxylic acids is 1. The third kappa shape index (κ3) is 5.36. The van der Waals surface area contributed by atoms with E-state index < -0.39 is 0 Å². The van der Waals surface area contributed by atoms with E-state index in [-0.39, 0.29) is 6.09 Å². The van der Waals surface area contributed by atoms with Gasteiger partial charge in [0.1, 0.15) is 6.61 Å². The monoisotopic (exact) mass is 292 g/mol. The van der Waals surface area contributed by atoms with Gasteiger partial charge in [-0.3, -0.25) is 0 Å². The van der Waals surface area contributed by atoms with E-state index >= 15 is 0 Å². The van der Waals surface area contributed by atoms with Crippen molar-refractivity contribution in [3.63, 3.8) is 0 Å². The second-order valence-electron chi connectivity index (χ2n) is 5.36. The Hall–Kier alpha value is -1.59. The lowest BCUT2D eigenvalue weighted by atomic mass is 9.99. The van der Waals surface area contributed by atoms with Crippen molar-refractivity contribution in [1.29, 1.82) is 0 Å². The van der Waals surface area contributed by atoms with Gasteiger partial charge in [0.2, 0.25) is 0 Å². The number of hydrogen-bond donors (Lipinski definition) is 1. The summed E-state index contributed by atoms with van der Waals surface area (Å²) in [5, 5.41) is 0. The van der Waals surface area contributed by atoms with E-state index in [1.807, 2.05) is 30.3 Å². The van der Waals surface area contributed by atoms with E-state index in [0.717, 1.165) is 24.9 Å². The summed E-state index contributed by atoms with van der Waals surface area (Å²) in [5.74, 6) is 0.384. The molecule has 2 N–H and O–H groups in total. The molecule has 0 bridgehead atoms. The minimum atomic E-state index is -0.234. The average molecular weight is 292 g/mol. The number of ether oxygens (including phenoxy) is 2. The molecule has 5 nitrogen and oxygen atoms in total. The SMILES string of the molecule is NCCOC[C@H]1CCCN(C(=O)OCc2ccccc2)C1. The Morgan fingerprint density at radius 1 is 1.33 bits per heavy atom. The van der Waals surface area contributed by atoms with Crippen LogP contribution in [0.4, 0.5) is 4.79 Å². The van der Waals surface area contributed by atoms with Crippen molar-refractivity contribution < 1.29 is 14.3 Å². The molecule has 0 spiro atoms. The van der Waals surface area contributed by atoms with E-state index in [9.17, 15) is 4.79 Å². The fourth-order valence-corrected chi connectivity index (χ4v) is 2.51. The van der Waals surface area contributed by atoms with Crippen LogP contribution in [0.25, 0.3) is 0 Å². The summed E-state index contributed by atoms with van der Waals surface area (Å²) in [6.45, 7) is 3.58.